The number of aromatic nitrogens is 4. The van der Waals surface area contributed by atoms with Crippen molar-refractivity contribution in [3.8, 4) is 22.0 Å². The topological polar surface area (TPSA) is 72.7 Å². The Kier molecular flexibility index (Phi) is 6.61. The van der Waals surface area contributed by atoms with Crippen LogP contribution in [-0.4, -0.2) is 31.4 Å². The molecule has 0 aliphatic carbocycles. The molecule has 0 fully saturated rings. The summed E-state index contributed by atoms with van der Waals surface area (Å²) in [7, 11) is 0. The van der Waals surface area contributed by atoms with Crippen molar-refractivity contribution in [2.45, 2.75) is 25.5 Å². The van der Waals surface area contributed by atoms with Gasteiger partial charge in [0.25, 0.3) is 0 Å². The van der Waals surface area contributed by atoms with E-state index < -0.39 is 0 Å². The van der Waals surface area contributed by atoms with Gasteiger partial charge in [-0.05, 0) is 80.1 Å². The van der Waals surface area contributed by atoms with E-state index in [-0.39, 0.29) is 17.5 Å². The smallest absolute Gasteiger partial charge is 0.234 e. The number of hydrogen-bond donors (Lipinski definition) is 1. The van der Waals surface area contributed by atoms with Crippen molar-refractivity contribution in [1.82, 2.24) is 19.7 Å². The Balaban J connectivity index is 1.22. The van der Waals surface area contributed by atoms with Gasteiger partial charge in [0.05, 0.1) is 16.0 Å². The maximum Gasteiger partial charge on any atom is 0.234 e. The van der Waals surface area contributed by atoms with Crippen LogP contribution >= 0.6 is 23.1 Å². The molecule has 1 N–H and O–H groups in total. The van der Waals surface area contributed by atoms with Crippen molar-refractivity contribution < 1.29 is 9.18 Å². The molecule has 5 rings (SSSR count). The zero-order valence-corrected chi connectivity index (χ0v) is 20.8. The molecule has 3 aromatic carbocycles. The lowest BCUT2D eigenvalue weighted by atomic mass is 10.2. The summed E-state index contributed by atoms with van der Waals surface area (Å²) >= 11 is 2.98. The van der Waals surface area contributed by atoms with Crippen molar-refractivity contribution >= 4 is 44.9 Å². The number of anilines is 1. The first-order valence-corrected chi connectivity index (χ1v) is 12.9. The Hall–Kier alpha value is -3.56. The third kappa shape index (κ3) is 5.11. The monoisotopic (exact) mass is 503 g/mol. The predicted molar refractivity (Wildman–Crippen MR) is 140 cm³/mol. The number of benzene rings is 3. The summed E-state index contributed by atoms with van der Waals surface area (Å²) in [4.78, 5) is 17.3. The highest BCUT2D eigenvalue weighted by Gasteiger charge is 2.15. The second-order valence-corrected chi connectivity index (χ2v) is 9.93. The van der Waals surface area contributed by atoms with E-state index in [9.17, 15) is 9.18 Å². The minimum Gasteiger partial charge on any atom is -0.325 e. The molecule has 2 heterocycles. The standard InChI is InChI=1S/C26H22FN5OS2/c1-3-32-24(17-5-9-19(27)10-6-17)30-31-26(32)34-15-23(33)28-20-11-7-18(8-12-20)25-29-21-13-4-16(2)14-22(21)35-25/h4-14H,3,15H2,1-2H3,(H,28,33). The summed E-state index contributed by atoms with van der Waals surface area (Å²) in [6.07, 6.45) is 0. The first kappa shape index (κ1) is 23.2. The lowest BCUT2D eigenvalue weighted by Gasteiger charge is -2.08. The van der Waals surface area contributed by atoms with Crippen molar-refractivity contribution in [2.75, 3.05) is 11.1 Å². The summed E-state index contributed by atoms with van der Waals surface area (Å²) < 4.78 is 16.3. The number of carbonyl (C=O) groups is 1. The number of halogens is 1. The molecule has 176 valence electrons. The molecule has 0 atom stereocenters. The summed E-state index contributed by atoms with van der Waals surface area (Å²) in [5.74, 6) is 0.412. The maximum atomic E-state index is 13.3. The molecule has 35 heavy (non-hydrogen) atoms. The molecule has 0 saturated carbocycles. The van der Waals surface area contributed by atoms with Crippen molar-refractivity contribution in [2.24, 2.45) is 0 Å². The van der Waals surface area contributed by atoms with Gasteiger partial charge < -0.3 is 9.88 Å². The summed E-state index contributed by atoms with van der Waals surface area (Å²) in [6, 6.07) is 20.1. The Morgan fingerprint density at radius 2 is 1.77 bits per heavy atom. The molecule has 1 amide bonds. The number of rotatable bonds is 7. The summed E-state index contributed by atoms with van der Waals surface area (Å²) in [6.45, 7) is 4.69. The van der Waals surface area contributed by atoms with Gasteiger partial charge in [-0.15, -0.1) is 21.5 Å². The molecule has 5 aromatic rings. The van der Waals surface area contributed by atoms with Gasteiger partial charge in [-0.2, -0.15) is 0 Å². The molecular formula is C26H22FN5OS2. The average Bonchev–Trinajstić information content (AvgIpc) is 3.47. The quantitative estimate of drug-likeness (QED) is 0.260. The van der Waals surface area contributed by atoms with E-state index >= 15 is 0 Å². The van der Waals surface area contributed by atoms with Crippen LogP contribution in [0.5, 0.6) is 0 Å². The molecule has 9 heteroatoms. The summed E-state index contributed by atoms with van der Waals surface area (Å²) in [5.41, 5.74) is 4.72. The molecule has 0 spiro atoms. The first-order chi connectivity index (χ1) is 17.0. The van der Waals surface area contributed by atoms with E-state index in [2.05, 4.69) is 34.6 Å². The molecule has 2 aromatic heterocycles. The molecule has 0 aliphatic rings. The number of aryl methyl sites for hydroxylation is 1. The highest BCUT2D eigenvalue weighted by atomic mass is 32.2. The van der Waals surface area contributed by atoms with Crippen LogP contribution in [0.25, 0.3) is 32.2 Å². The minimum absolute atomic E-state index is 0.132. The van der Waals surface area contributed by atoms with E-state index in [0.29, 0.717) is 17.5 Å². The van der Waals surface area contributed by atoms with Crippen LogP contribution in [0.3, 0.4) is 0 Å². The first-order valence-electron chi connectivity index (χ1n) is 11.1. The fraction of sp³-hybridized carbons (Fsp3) is 0.154. The number of nitrogens with one attached hydrogen (secondary N) is 1. The van der Waals surface area contributed by atoms with Gasteiger partial charge in [-0.25, -0.2) is 9.37 Å². The van der Waals surface area contributed by atoms with E-state index in [0.717, 1.165) is 32.0 Å². The number of fused-ring (bicyclic) bond motifs is 1. The summed E-state index contributed by atoms with van der Waals surface area (Å²) in [5, 5.41) is 13.0. The lowest BCUT2D eigenvalue weighted by molar-refractivity contribution is -0.113. The van der Waals surface area contributed by atoms with Gasteiger partial charge in [-0.1, -0.05) is 17.8 Å². The second kappa shape index (κ2) is 9.97. The van der Waals surface area contributed by atoms with E-state index in [4.69, 9.17) is 4.98 Å². The molecule has 0 bridgehead atoms. The largest absolute Gasteiger partial charge is 0.325 e. The highest BCUT2D eigenvalue weighted by molar-refractivity contribution is 7.99. The van der Waals surface area contributed by atoms with Crippen LogP contribution in [0.4, 0.5) is 10.1 Å². The number of carbonyl (C=O) groups excluding carboxylic acids is 1. The number of amides is 1. The third-order valence-electron chi connectivity index (χ3n) is 5.43. The Bertz CT molecular complexity index is 1490. The Morgan fingerprint density at radius 1 is 1.03 bits per heavy atom. The molecule has 0 unspecified atom stereocenters. The second-order valence-electron chi connectivity index (χ2n) is 7.96. The van der Waals surface area contributed by atoms with Crippen molar-refractivity contribution in [1.29, 1.82) is 0 Å². The molecule has 0 saturated heterocycles. The van der Waals surface area contributed by atoms with Crippen LogP contribution in [-0.2, 0) is 11.3 Å². The van der Waals surface area contributed by atoms with Gasteiger partial charge >= 0.3 is 0 Å². The SMILES string of the molecule is CCn1c(SCC(=O)Nc2ccc(-c3nc4ccc(C)cc4s3)cc2)nnc1-c1ccc(F)cc1. The number of hydrogen-bond acceptors (Lipinski definition) is 6. The Morgan fingerprint density at radius 3 is 2.51 bits per heavy atom. The van der Waals surface area contributed by atoms with Crippen molar-refractivity contribution in [3.63, 3.8) is 0 Å². The highest BCUT2D eigenvalue weighted by Crippen LogP contribution is 2.31. The predicted octanol–water partition coefficient (Wildman–Crippen LogP) is 6.42. The van der Waals surface area contributed by atoms with E-state index in [1.54, 1.807) is 23.5 Å². The van der Waals surface area contributed by atoms with Gasteiger partial charge in [0.1, 0.15) is 10.8 Å². The molecule has 0 aliphatic heterocycles. The van der Waals surface area contributed by atoms with Gasteiger partial charge in [0.15, 0.2) is 11.0 Å². The average molecular weight is 504 g/mol. The molecular weight excluding hydrogens is 481 g/mol. The minimum atomic E-state index is -0.300. The van der Waals surface area contributed by atoms with Gasteiger partial charge in [0, 0.05) is 23.4 Å². The number of thiazole rings is 1. The zero-order valence-electron chi connectivity index (χ0n) is 19.2. The van der Waals surface area contributed by atoms with Crippen LogP contribution in [0.2, 0.25) is 0 Å². The fourth-order valence-electron chi connectivity index (χ4n) is 3.67. The van der Waals surface area contributed by atoms with E-state index in [1.807, 2.05) is 41.8 Å². The Labute approximate surface area is 210 Å². The normalized spacial score (nSPS) is 11.2. The lowest BCUT2D eigenvalue weighted by Crippen LogP contribution is -2.14. The van der Waals surface area contributed by atoms with Gasteiger partial charge in [0.2, 0.25) is 5.91 Å². The molecule has 0 radical (unpaired) electrons. The number of nitrogens with zero attached hydrogens (tertiary/aromatic N) is 4. The zero-order chi connectivity index (χ0) is 24.4. The maximum absolute atomic E-state index is 13.3. The van der Waals surface area contributed by atoms with Crippen LogP contribution in [0.1, 0.15) is 12.5 Å². The van der Waals surface area contributed by atoms with Crippen molar-refractivity contribution in [3.05, 3.63) is 78.1 Å². The van der Waals surface area contributed by atoms with Crippen LogP contribution in [0, 0.1) is 12.7 Å². The van der Waals surface area contributed by atoms with E-state index in [1.165, 1.54) is 29.5 Å². The van der Waals surface area contributed by atoms with Gasteiger partial charge in [-0.3, -0.25) is 4.79 Å². The van der Waals surface area contributed by atoms with Crippen LogP contribution in [0.15, 0.2) is 71.9 Å². The van der Waals surface area contributed by atoms with Crippen LogP contribution < -0.4 is 5.32 Å². The number of thioether (sulfide) groups is 1. The fourth-order valence-corrected chi connectivity index (χ4v) is 5.54. The third-order valence-corrected chi connectivity index (χ3v) is 7.46. The molecule has 6 nitrogen and oxygen atoms in total.